The fourth-order valence-corrected chi connectivity index (χ4v) is 1.20. The molecule has 0 amide bonds. The second-order valence-corrected chi connectivity index (χ2v) is 3.16. The van der Waals surface area contributed by atoms with E-state index < -0.39 is 4.92 Å². The van der Waals surface area contributed by atoms with Gasteiger partial charge in [0.25, 0.3) is 0 Å². The van der Waals surface area contributed by atoms with E-state index in [-0.39, 0.29) is 22.3 Å². The van der Waals surface area contributed by atoms with Crippen LogP contribution in [0, 0.1) is 10.1 Å². The summed E-state index contributed by atoms with van der Waals surface area (Å²) >= 11 is 5.68. The first-order valence-electron chi connectivity index (χ1n) is 4.05. The second kappa shape index (κ2) is 3.74. The van der Waals surface area contributed by atoms with Crippen LogP contribution in [0.15, 0.2) is 18.7 Å². The molecule has 82 valence electrons. The van der Waals surface area contributed by atoms with Crippen molar-refractivity contribution in [3.05, 3.63) is 34.0 Å². The molecule has 0 radical (unpaired) electrons. The third-order valence-electron chi connectivity index (χ3n) is 1.81. The van der Waals surface area contributed by atoms with E-state index in [0.29, 0.717) is 0 Å². The Bertz CT molecular complexity index is 554. The molecule has 8 nitrogen and oxygen atoms in total. The van der Waals surface area contributed by atoms with Gasteiger partial charge in [0.1, 0.15) is 24.4 Å². The van der Waals surface area contributed by atoms with Crippen LogP contribution in [0.5, 0.6) is 0 Å². The number of nitro groups is 1. The van der Waals surface area contributed by atoms with Crippen LogP contribution in [-0.2, 0) is 0 Å². The van der Waals surface area contributed by atoms with Crippen molar-refractivity contribution in [1.82, 2.24) is 19.7 Å². The van der Waals surface area contributed by atoms with Gasteiger partial charge in [0.05, 0.1) is 4.92 Å². The molecule has 2 aromatic rings. The van der Waals surface area contributed by atoms with Crippen LogP contribution < -0.4 is 5.73 Å². The summed E-state index contributed by atoms with van der Waals surface area (Å²) in [7, 11) is 0. The summed E-state index contributed by atoms with van der Waals surface area (Å²) in [5.74, 6) is 0.202. The van der Waals surface area contributed by atoms with E-state index in [2.05, 4.69) is 15.1 Å². The van der Waals surface area contributed by atoms with E-state index in [0.717, 1.165) is 6.20 Å². The molecule has 0 bridgehead atoms. The van der Waals surface area contributed by atoms with Gasteiger partial charge in [-0.15, -0.1) is 0 Å². The minimum absolute atomic E-state index is 0.0724. The number of nitrogens with zero attached hydrogens (tertiary/aromatic N) is 5. The summed E-state index contributed by atoms with van der Waals surface area (Å²) < 4.78 is 1.17. The van der Waals surface area contributed by atoms with Gasteiger partial charge in [-0.25, -0.2) is 14.6 Å². The minimum atomic E-state index is -0.567. The number of aromatic nitrogens is 4. The molecule has 0 atom stereocenters. The highest BCUT2D eigenvalue weighted by Crippen LogP contribution is 2.21. The molecule has 2 aromatic heterocycles. The molecule has 0 spiro atoms. The molecule has 2 heterocycles. The van der Waals surface area contributed by atoms with E-state index in [1.54, 1.807) is 0 Å². The molecular formula is C7H5ClN6O2. The highest BCUT2D eigenvalue weighted by Gasteiger charge is 2.14. The fraction of sp³-hybridized carbons (Fsp3) is 0. The number of hydrogen-bond donors (Lipinski definition) is 1. The SMILES string of the molecule is Nc1c(Cl)ncnc1-n1cc([N+](=O)[O-])cn1. The van der Waals surface area contributed by atoms with Crippen LogP contribution in [0.3, 0.4) is 0 Å². The summed E-state index contributed by atoms with van der Waals surface area (Å²) in [6, 6.07) is 0. The van der Waals surface area contributed by atoms with Crippen molar-refractivity contribution in [1.29, 1.82) is 0 Å². The lowest BCUT2D eigenvalue weighted by molar-refractivity contribution is -0.384. The van der Waals surface area contributed by atoms with Crippen molar-refractivity contribution in [2.45, 2.75) is 0 Å². The molecule has 0 saturated carbocycles. The highest BCUT2D eigenvalue weighted by molar-refractivity contribution is 6.32. The van der Waals surface area contributed by atoms with Gasteiger partial charge in [0, 0.05) is 0 Å². The average molecular weight is 241 g/mol. The standard InChI is InChI=1S/C7H5ClN6O2/c8-6-5(9)7(11-3-10-6)13-2-4(1-12-13)14(15)16/h1-3H,9H2. The molecule has 0 fully saturated rings. The van der Waals surface area contributed by atoms with Gasteiger partial charge in [-0.1, -0.05) is 11.6 Å². The van der Waals surface area contributed by atoms with Crippen LogP contribution in [0.2, 0.25) is 5.15 Å². The van der Waals surface area contributed by atoms with E-state index in [4.69, 9.17) is 17.3 Å². The predicted molar refractivity (Wildman–Crippen MR) is 55.2 cm³/mol. The molecule has 0 saturated heterocycles. The van der Waals surface area contributed by atoms with Gasteiger partial charge >= 0.3 is 5.69 Å². The van der Waals surface area contributed by atoms with Crippen LogP contribution in [0.4, 0.5) is 11.4 Å². The van der Waals surface area contributed by atoms with E-state index in [9.17, 15) is 10.1 Å². The number of halogens is 1. The Kier molecular flexibility index (Phi) is 2.41. The lowest BCUT2D eigenvalue weighted by Crippen LogP contribution is -2.04. The smallest absolute Gasteiger partial charge is 0.307 e. The molecule has 2 rings (SSSR count). The predicted octanol–water partition coefficient (Wildman–Crippen LogP) is 0.806. The van der Waals surface area contributed by atoms with Gasteiger partial charge in [-0.3, -0.25) is 10.1 Å². The van der Waals surface area contributed by atoms with Crippen LogP contribution >= 0.6 is 11.6 Å². The van der Waals surface area contributed by atoms with Crippen molar-refractivity contribution in [3.8, 4) is 5.82 Å². The summed E-state index contributed by atoms with van der Waals surface area (Å²) in [6.07, 6.45) is 3.48. The Hall–Kier alpha value is -2.22. The minimum Gasteiger partial charge on any atom is -0.393 e. The normalized spacial score (nSPS) is 10.3. The zero-order valence-corrected chi connectivity index (χ0v) is 8.50. The topological polar surface area (TPSA) is 113 Å². The van der Waals surface area contributed by atoms with Gasteiger partial charge in [-0.2, -0.15) is 5.10 Å². The van der Waals surface area contributed by atoms with Crippen LogP contribution in [0.1, 0.15) is 0 Å². The Morgan fingerprint density at radius 3 is 2.88 bits per heavy atom. The summed E-state index contributed by atoms with van der Waals surface area (Å²) in [5.41, 5.74) is 5.57. The molecule has 0 aromatic carbocycles. The van der Waals surface area contributed by atoms with Crippen molar-refractivity contribution in [3.63, 3.8) is 0 Å². The number of nitrogens with two attached hydrogens (primary N) is 1. The fourth-order valence-electron chi connectivity index (χ4n) is 1.07. The van der Waals surface area contributed by atoms with Gasteiger partial charge in [0.2, 0.25) is 0 Å². The number of rotatable bonds is 2. The summed E-state index contributed by atoms with van der Waals surface area (Å²) in [4.78, 5) is 17.4. The maximum absolute atomic E-state index is 10.5. The molecule has 2 N–H and O–H groups in total. The van der Waals surface area contributed by atoms with Crippen molar-refractivity contribution >= 4 is 23.0 Å². The Labute approximate surface area is 93.8 Å². The first-order valence-corrected chi connectivity index (χ1v) is 4.43. The van der Waals surface area contributed by atoms with Crippen molar-refractivity contribution in [2.24, 2.45) is 0 Å². The quantitative estimate of drug-likeness (QED) is 0.472. The number of anilines is 1. The first-order chi connectivity index (χ1) is 7.59. The van der Waals surface area contributed by atoms with E-state index in [1.807, 2.05) is 0 Å². The van der Waals surface area contributed by atoms with E-state index >= 15 is 0 Å². The molecule has 0 unspecified atom stereocenters. The second-order valence-electron chi connectivity index (χ2n) is 2.80. The molecule has 0 aliphatic heterocycles. The Morgan fingerprint density at radius 2 is 2.25 bits per heavy atom. The first kappa shape index (κ1) is 10.3. The monoisotopic (exact) mass is 240 g/mol. The van der Waals surface area contributed by atoms with E-state index in [1.165, 1.54) is 17.2 Å². The van der Waals surface area contributed by atoms with Gasteiger partial charge in [0.15, 0.2) is 11.0 Å². The maximum Gasteiger partial charge on any atom is 0.307 e. The summed E-state index contributed by atoms with van der Waals surface area (Å²) in [6.45, 7) is 0. The molecule has 0 aliphatic carbocycles. The van der Waals surface area contributed by atoms with Crippen LogP contribution in [0.25, 0.3) is 5.82 Å². The van der Waals surface area contributed by atoms with Gasteiger partial charge in [-0.05, 0) is 0 Å². The third-order valence-corrected chi connectivity index (χ3v) is 2.11. The molecule has 9 heteroatoms. The van der Waals surface area contributed by atoms with Crippen molar-refractivity contribution in [2.75, 3.05) is 5.73 Å². The lowest BCUT2D eigenvalue weighted by Gasteiger charge is -2.03. The van der Waals surface area contributed by atoms with Crippen molar-refractivity contribution < 1.29 is 4.92 Å². The highest BCUT2D eigenvalue weighted by atomic mass is 35.5. The zero-order chi connectivity index (χ0) is 11.7. The number of hydrogen-bond acceptors (Lipinski definition) is 6. The van der Waals surface area contributed by atoms with Gasteiger partial charge < -0.3 is 5.73 Å². The largest absolute Gasteiger partial charge is 0.393 e. The molecular weight excluding hydrogens is 236 g/mol. The number of nitrogen functional groups attached to an aromatic ring is 1. The summed E-state index contributed by atoms with van der Waals surface area (Å²) in [5, 5.41) is 14.3. The molecule has 16 heavy (non-hydrogen) atoms. The Balaban J connectivity index is 2.50. The lowest BCUT2D eigenvalue weighted by atomic mass is 10.5. The van der Waals surface area contributed by atoms with Crippen LogP contribution in [-0.4, -0.2) is 24.7 Å². The molecule has 0 aliphatic rings. The average Bonchev–Trinajstić information content (AvgIpc) is 2.71. The zero-order valence-electron chi connectivity index (χ0n) is 7.74. The maximum atomic E-state index is 10.5. The Morgan fingerprint density at radius 1 is 1.50 bits per heavy atom. The third kappa shape index (κ3) is 1.65.